The minimum absolute atomic E-state index is 0.0861. The van der Waals surface area contributed by atoms with Crippen molar-refractivity contribution >= 4 is 21.6 Å². The lowest BCUT2D eigenvalue weighted by Gasteiger charge is -2.13. The first-order valence-corrected chi connectivity index (χ1v) is 9.38. The van der Waals surface area contributed by atoms with Crippen molar-refractivity contribution in [2.24, 2.45) is 14.1 Å². The maximum absolute atomic E-state index is 12.6. The van der Waals surface area contributed by atoms with Gasteiger partial charge in [-0.1, -0.05) is 0 Å². The third kappa shape index (κ3) is 3.24. The van der Waals surface area contributed by atoms with E-state index in [1.165, 1.54) is 31.8 Å². The monoisotopic (exact) mass is 364 g/mol. The van der Waals surface area contributed by atoms with E-state index in [9.17, 15) is 18.0 Å². The molecule has 0 radical (unpaired) electrons. The summed E-state index contributed by atoms with van der Waals surface area (Å²) >= 11 is 0. The Labute approximate surface area is 145 Å². The van der Waals surface area contributed by atoms with E-state index in [0.29, 0.717) is 13.1 Å². The van der Waals surface area contributed by atoms with Crippen molar-refractivity contribution < 1.29 is 13.2 Å². The number of pyridine rings is 1. The van der Waals surface area contributed by atoms with Gasteiger partial charge in [-0.3, -0.25) is 9.59 Å². The summed E-state index contributed by atoms with van der Waals surface area (Å²) in [4.78, 5) is 24.6. The molecule has 1 N–H and O–H groups in total. The predicted molar refractivity (Wildman–Crippen MR) is 93.0 cm³/mol. The normalized spacial score (nSPS) is 15.4. The Balaban J connectivity index is 1.88. The van der Waals surface area contributed by atoms with Gasteiger partial charge in [0.05, 0.1) is 0 Å². The maximum Gasteiger partial charge on any atom is 0.274 e. The molecule has 0 unspecified atom stereocenters. The van der Waals surface area contributed by atoms with Crippen LogP contribution in [0.2, 0.25) is 0 Å². The Morgan fingerprint density at radius 2 is 1.84 bits per heavy atom. The van der Waals surface area contributed by atoms with Gasteiger partial charge in [0.1, 0.15) is 16.3 Å². The maximum atomic E-state index is 12.6. The minimum atomic E-state index is -3.59. The summed E-state index contributed by atoms with van der Waals surface area (Å²) < 4.78 is 29.4. The highest BCUT2D eigenvalue weighted by molar-refractivity contribution is 7.89. The van der Waals surface area contributed by atoms with Crippen LogP contribution in [-0.4, -0.2) is 40.9 Å². The molecule has 1 aliphatic heterocycles. The van der Waals surface area contributed by atoms with Gasteiger partial charge in [0, 0.05) is 39.6 Å². The number of amides is 1. The van der Waals surface area contributed by atoms with Crippen LogP contribution in [0.3, 0.4) is 0 Å². The Morgan fingerprint density at radius 1 is 1.16 bits per heavy atom. The molecule has 9 heteroatoms. The summed E-state index contributed by atoms with van der Waals surface area (Å²) in [5, 5.41) is 2.54. The summed E-state index contributed by atoms with van der Waals surface area (Å²) in [5.74, 6) is -0.534. The first-order chi connectivity index (χ1) is 11.8. The molecule has 134 valence electrons. The van der Waals surface area contributed by atoms with Crippen LogP contribution in [0.1, 0.15) is 23.3 Å². The Hall–Kier alpha value is -2.39. The summed E-state index contributed by atoms with van der Waals surface area (Å²) in [5.41, 5.74) is -0.0289. The third-order valence-corrected chi connectivity index (χ3v) is 6.15. The third-order valence-electron chi connectivity index (χ3n) is 4.29. The largest absolute Gasteiger partial charge is 0.345 e. The zero-order valence-electron chi connectivity index (χ0n) is 14.1. The van der Waals surface area contributed by atoms with Crippen molar-refractivity contribution in [3.63, 3.8) is 0 Å². The number of nitrogens with zero attached hydrogens (tertiary/aromatic N) is 3. The second-order valence-corrected chi connectivity index (χ2v) is 8.01. The van der Waals surface area contributed by atoms with Gasteiger partial charge in [0.25, 0.3) is 11.5 Å². The molecule has 1 saturated heterocycles. The molecular formula is C16H20N4O4S. The van der Waals surface area contributed by atoms with Crippen LogP contribution in [0.15, 0.2) is 40.3 Å². The second kappa shape index (κ2) is 6.49. The quantitative estimate of drug-likeness (QED) is 0.867. The molecule has 3 heterocycles. The number of aromatic nitrogens is 2. The van der Waals surface area contributed by atoms with Crippen LogP contribution in [-0.2, 0) is 24.1 Å². The molecule has 1 amide bonds. The molecule has 0 aliphatic carbocycles. The van der Waals surface area contributed by atoms with Gasteiger partial charge in [-0.2, -0.15) is 4.31 Å². The van der Waals surface area contributed by atoms with Gasteiger partial charge in [-0.05, 0) is 31.0 Å². The average Bonchev–Trinajstić information content (AvgIpc) is 3.21. The van der Waals surface area contributed by atoms with E-state index in [0.717, 1.165) is 12.8 Å². The Morgan fingerprint density at radius 3 is 2.52 bits per heavy atom. The molecule has 1 fully saturated rings. The molecular weight excluding hydrogens is 344 g/mol. The highest BCUT2D eigenvalue weighted by Crippen LogP contribution is 2.22. The number of hydrogen-bond donors (Lipinski definition) is 1. The lowest BCUT2D eigenvalue weighted by atomic mass is 10.3. The predicted octanol–water partition coefficient (Wildman–Crippen LogP) is 0.761. The molecule has 0 aromatic carbocycles. The van der Waals surface area contributed by atoms with Crippen LogP contribution in [0.5, 0.6) is 0 Å². The molecule has 0 bridgehead atoms. The van der Waals surface area contributed by atoms with Crippen LogP contribution in [0, 0.1) is 0 Å². The van der Waals surface area contributed by atoms with Crippen molar-refractivity contribution in [2.45, 2.75) is 17.7 Å². The SMILES string of the molecule is Cn1cc(S(=O)(=O)N2CCCC2)cc1C(=O)Nc1cccn(C)c1=O. The molecule has 3 rings (SSSR count). The van der Waals surface area contributed by atoms with E-state index in [1.807, 2.05) is 0 Å². The van der Waals surface area contributed by atoms with Gasteiger partial charge < -0.3 is 14.5 Å². The molecule has 2 aromatic heterocycles. The van der Waals surface area contributed by atoms with E-state index in [2.05, 4.69) is 5.32 Å². The summed E-state index contributed by atoms with van der Waals surface area (Å²) in [7, 11) is -0.412. The van der Waals surface area contributed by atoms with E-state index in [-0.39, 0.29) is 21.8 Å². The fourth-order valence-electron chi connectivity index (χ4n) is 2.86. The summed E-state index contributed by atoms with van der Waals surface area (Å²) in [6, 6.07) is 4.49. The van der Waals surface area contributed by atoms with Crippen LogP contribution >= 0.6 is 0 Å². The Kier molecular flexibility index (Phi) is 4.53. The fraction of sp³-hybridized carbons (Fsp3) is 0.375. The molecule has 0 atom stereocenters. The lowest BCUT2D eigenvalue weighted by molar-refractivity contribution is 0.101. The van der Waals surface area contributed by atoms with Crippen molar-refractivity contribution in [3.05, 3.63) is 46.6 Å². The Bertz CT molecular complexity index is 968. The smallest absolute Gasteiger partial charge is 0.274 e. The first kappa shape index (κ1) is 17.4. The van der Waals surface area contributed by atoms with Crippen LogP contribution < -0.4 is 10.9 Å². The van der Waals surface area contributed by atoms with Gasteiger partial charge in [-0.25, -0.2) is 8.42 Å². The van der Waals surface area contributed by atoms with E-state index >= 15 is 0 Å². The number of aryl methyl sites for hydroxylation is 2. The van der Waals surface area contributed by atoms with Crippen molar-refractivity contribution in [1.29, 1.82) is 0 Å². The zero-order valence-corrected chi connectivity index (χ0v) is 14.9. The van der Waals surface area contributed by atoms with Gasteiger partial charge >= 0.3 is 0 Å². The number of hydrogen-bond acceptors (Lipinski definition) is 4. The summed E-state index contributed by atoms with van der Waals surface area (Å²) in [6.07, 6.45) is 4.69. The van der Waals surface area contributed by atoms with Crippen molar-refractivity contribution in [1.82, 2.24) is 13.4 Å². The molecule has 0 saturated carbocycles. The number of carbonyl (C=O) groups excluding carboxylic acids is 1. The second-order valence-electron chi connectivity index (χ2n) is 6.08. The lowest BCUT2D eigenvalue weighted by Crippen LogP contribution is -2.27. The van der Waals surface area contributed by atoms with Gasteiger partial charge in [0.15, 0.2) is 0 Å². The number of nitrogens with one attached hydrogen (secondary N) is 1. The van der Waals surface area contributed by atoms with Crippen molar-refractivity contribution in [3.8, 4) is 0 Å². The summed E-state index contributed by atoms with van der Waals surface area (Å²) in [6.45, 7) is 0.998. The number of sulfonamides is 1. The van der Waals surface area contributed by atoms with Gasteiger partial charge in [0.2, 0.25) is 10.0 Å². The minimum Gasteiger partial charge on any atom is -0.345 e. The van der Waals surface area contributed by atoms with Crippen molar-refractivity contribution in [2.75, 3.05) is 18.4 Å². The fourth-order valence-corrected chi connectivity index (χ4v) is 4.45. The van der Waals surface area contributed by atoms with E-state index in [4.69, 9.17) is 0 Å². The number of rotatable bonds is 4. The average molecular weight is 364 g/mol. The molecule has 1 aliphatic rings. The van der Waals surface area contributed by atoms with Gasteiger partial charge in [-0.15, -0.1) is 0 Å². The zero-order chi connectivity index (χ0) is 18.2. The number of carbonyl (C=O) groups is 1. The highest BCUT2D eigenvalue weighted by atomic mass is 32.2. The molecule has 25 heavy (non-hydrogen) atoms. The molecule has 0 spiro atoms. The topological polar surface area (TPSA) is 93.4 Å². The standard InChI is InChI=1S/C16H20N4O4S/c1-18-7-5-6-13(16(18)22)17-15(21)14-10-12(11-19(14)2)25(23,24)20-8-3-4-9-20/h5-7,10-11H,3-4,8-9H2,1-2H3,(H,17,21). The number of anilines is 1. The molecule has 2 aromatic rings. The first-order valence-electron chi connectivity index (χ1n) is 7.94. The highest BCUT2D eigenvalue weighted by Gasteiger charge is 2.29. The van der Waals surface area contributed by atoms with E-state index in [1.54, 1.807) is 26.4 Å². The van der Waals surface area contributed by atoms with E-state index < -0.39 is 15.9 Å². The molecule has 8 nitrogen and oxygen atoms in total. The van der Waals surface area contributed by atoms with Crippen LogP contribution in [0.25, 0.3) is 0 Å². The van der Waals surface area contributed by atoms with Crippen LogP contribution in [0.4, 0.5) is 5.69 Å².